The summed E-state index contributed by atoms with van der Waals surface area (Å²) >= 11 is 12.6. The summed E-state index contributed by atoms with van der Waals surface area (Å²) in [5.41, 5.74) is 1.71. The molecule has 27 heavy (non-hydrogen) atoms. The fourth-order valence-electron chi connectivity index (χ4n) is 2.83. The molecule has 0 spiro atoms. The first-order valence-electron chi connectivity index (χ1n) is 7.69. The van der Waals surface area contributed by atoms with E-state index in [9.17, 15) is 10.1 Å². The second-order valence-electron chi connectivity index (χ2n) is 5.60. The number of non-ortho nitro benzene ring substituents is 1. The zero-order valence-electron chi connectivity index (χ0n) is 13.8. The van der Waals surface area contributed by atoms with Crippen molar-refractivity contribution in [3.63, 3.8) is 0 Å². The second-order valence-corrected chi connectivity index (χ2v) is 6.42. The van der Waals surface area contributed by atoms with Crippen molar-refractivity contribution in [2.75, 3.05) is 12.4 Å². The van der Waals surface area contributed by atoms with Crippen LogP contribution in [0.1, 0.15) is 0 Å². The van der Waals surface area contributed by atoms with E-state index in [-0.39, 0.29) is 5.69 Å². The van der Waals surface area contributed by atoms with Crippen LogP contribution in [0.3, 0.4) is 0 Å². The molecule has 0 saturated carbocycles. The molecule has 0 unspecified atom stereocenters. The first-order valence-corrected chi connectivity index (χ1v) is 8.44. The number of ether oxygens (including phenoxy) is 1. The van der Waals surface area contributed by atoms with Crippen LogP contribution in [0.2, 0.25) is 10.0 Å². The van der Waals surface area contributed by atoms with E-state index in [1.165, 1.54) is 19.5 Å². The van der Waals surface area contributed by atoms with Gasteiger partial charge in [0.25, 0.3) is 5.69 Å². The average Bonchev–Trinajstić information content (AvgIpc) is 3.13. The first kappa shape index (κ1) is 17.3. The lowest BCUT2D eigenvalue weighted by Gasteiger charge is -2.13. The Balaban J connectivity index is 1.93. The highest BCUT2D eigenvalue weighted by Gasteiger charge is 2.19. The van der Waals surface area contributed by atoms with Crippen molar-refractivity contribution in [3.8, 4) is 5.75 Å². The lowest BCUT2D eigenvalue weighted by atomic mass is 10.2. The summed E-state index contributed by atoms with van der Waals surface area (Å²) in [5.74, 6) is 0.932. The van der Waals surface area contributed by atoms with Crippen molar-refractivity contribution in [3.05, 3.63) is 63.0 Å². The molecule has 2 aromatic heterocycles. The van der Waals surface area contributed by atoms with Crippen LogP contribution < -0.4 is 10.1 Å². The van der Waals surface area contributed by atoms with Crippen LogP contribution >= 0.6 is 23.2 Å². The van der Waals surface area contributed by atoms with Gasteiger partial charge in [-0.1, -0.05) is 29.3 Å². The molecule has 0 aliphatic rings. The Morgan fingerprint density at radius 2 is 2.00 bits per heavy atom. The van der Waals surface area contributed by atoms with Gasteiger partial charge in [-0.2, -0.15) is 0 Å². The number of hydrogen-bond donors (Lipinski definition) is 1. The van der Waals surface area contributed by atoms with Gasteiger partial charge < -0.3 is 10.1 Å². The number of nitrogens with zero attached hydrogens (tertiary/aromatic N) is 4. The molecular weight excluding hydrogens is 393 g/mol. The van der Waals surface area contributed by atoms with Gasteiger partial charge >= 0.3 is 0 Å². The maximum absolute atomic E-state index is 11.4. The molecule has 4 aromatic rings. The largest absolute Gasteiger partial charge is 0.497 e. The average molecular weight is 404 g/mol. The monoisotopic (exact) mass is 403 g/mol. The number of hydrogen-bond acceptors (Lipinski definition) is 6. The lowest BCUT2D eigenvalue weighted by Crippen LogP contribution is -2.02. The highest BCUT2D eigenvalue weighted by atomic mass is 35.5. The van der Waals surface area contributed by atoms with E-state index in [4.69, 9.17) is 27.9 Å². The van der Waals surface area contributed by atoms with Gasteiger partial charge in [0.15, 0.2) is 11.3 Å². The SMILES string of the molecule is COc1cc(Cl)c(Nc2nc3cccc([N+](=O)[O-])c3n3cncc23)c(Cl)c1. The molecule has 0 saturated heterocycles. The quantitative estimate of drug-likeness (QED) is 0.386. The number of fused-ring (bicyclic) bond motifs is 3. The van der Waals surface area contributed by atoms with Crippen molar-refractivity contribution in [1.29, 1.82) is 0 Å². The van der Waals surface area contributed by atoms with Gasteiger partial charge in [0.05, 0.1) is 39.5 Å². The molecule has 2 aromatic carbocycles. The fourth-order valence-corrected chi connectivity index (χ4v) is 3.39. The molecule has 0 bridgehead atoms. The molecule has 4 rings (SSSR count). The van der Waals surface area contributed by atoms with Crippen LogP contribution in [0, 0.1) is 10.1 Å². The van der Waals surface area contributed by atoms with E-state index in [0.717, 1.165) is 0 Å². The normalized spacial score (nSPS) is 11.1. The van der Waals surface area contributed by atoms with E-state index in [2.05, 4.69) is 15.3 Å². The Bertz CT molecular complexity index is 1190. The standard InChI is InChI=1S/C17H11Cl2N5O3/c1-27-9-5-10(18)15(11(19)6-9)22-17-14-7-20-8-23(14)16-12(21-17)3-2-4-13(16)24(25)26/h2-8H,1H3,(H,21,22). The summed E-state index contributed by atoms with van der Waals surface area (Å²) in [7, 11) is 1.52. The van der Waals surface area contributed by atoms with Gasteiger partial charge in [-0.05, 0) is 6.07 Å². The van der Waals surface area contributed by atoms with Gasteiger partial charge in [0, 0.05) is 18.2 Å². The summed E-state index contributed by atoms with van der Waals surface area (Å²) in [6, 6.07) is 7.93. The number of benzene rings is 2. The Hall–Kier alpha value is -3.10. The van der Waals surface area contributed by atoms with Crippen molar-refractivity contribution in [1.82, 2.24) is 14.4 Å². The maximum atomic E-state index is 11.4. The van der Waals surface area contributed by atoms with E-state index in [1.54, 1.807) is 34.9 Å². The molecule has 0 atom stereocenters. The van der Waals surface area contributed by atoms with Crippen LogP contribution in [0.5, 0.6) is 5.75 Å². The predicted octanol–water partition coefficient (Wildman–Crippen LogP) is 4.85. The number of imidazole rings is 1. The number of nitro groups is 1. The topological polar surface area (TPSA) is 94.6 Å². The third kappa shape index (κ3) is 2.88. The van der Waals surface area contributed by atoms with E-state index >= 15 is 0 Å². The highest BCUT2D eigenvalue weighted by Crippen LogP contribution is 2.38. The molecule has 2 heterocycles. The number of aromatic nitrogens is 3. The van der Waals surface area contributed by atoms with Gasteiger partial charge in [0.2, 0.25) is 0 Å². The number of para-hydroxylation sites is 1. The zero-order chi connectivity index (χ0) is 19.1. The van der Waals surface area contributed by atoms with Crippen LogP contribution in [0.4, 0.5) is 17.2 Å². The van der Waals surface area contributed by atoms with Crippen LogP contribution in [0.25, 0.3) is 16.6 Å². The van der Waals surface area contributed by atoms with E-state index < -0.39 is 4.92 Å². The summed E-state index contributed by atoms with van der Waals surface area (Å²) < 4.78 is 6.75. The minimum atomic E-state index is -0.451. The van der Waals surface area contributed by atoms with Crippen molar-refractivity contribution < 1.29 is 9.66 Å². The Morgan fingerprint density at radius 1 is 1.26 bits per heavy atom. The minimum Gasteiger partial charge on any atom is -0.497 e. The number of methoxy groups -OCH3 is 1. The third-order valence-corrected chi connectivity index (χ3v) is 4.64. The summed E-state index contributed by atoms with van der Waals surface area (Å²) in [4.78, 5) is 19.6. The molecule has 1 N–H and O–H groups in total. The molecule has 0 amide bonds. The van der Waals surface area contributed by atoms with Crippen LogP contribution in [0.15, 0.2) is 42.9 Å². The van der Waals surface area contributed by atoms with Crippen molar-refractivity contribution in [2.45, 2.75) is 0 Å². The highest BCUT2D eigenvalue weighted by molar-refractivity contribution is 6.39. The second kappa shape index (κ2) is 6.57. The van der Waals surface area contributed by atoms with Crippen LogP contribution in [-0.4, -0.2) is 26.4 Å². The Labute approximate surface area is 162 Å². The molecule has 8 nitrogen and oxygen atoms in total. The number of nitro benzene ring substituents is 1. The lowest BCUT2D eigenvalue weighted by molar-refractivity contribution is -0.383. The molecule has 0 fully saturated rings. The maximum Gasteiger partial charge on any atom is 0.295 e. The van der Waals surface area contributed by atoms with Gasteiger partial charge in [-0.3, -0.25) is 14.5 Å². The molecule has 136 valence electrons. The molecule has 0 aliphatic carbocycles. The molecule has 0 aliphatic heterocycles. The number of nitrogens with one attached hydrogen (secondary N) is 1. The minimum absolute atomic E-state index is 0.0601. The van der Waals surface area contributed by atoms with Gasteiger partial charge in [0.1, 0.15) is 17.6 Å². The summed E-state index contributed by atoms with van der Waals surface area (Å²) in [5, 5.41) is 15.2. The fraction of sp³-hybridized carbons (Fsp3) is 0.0588. The van der Waals surface area contributed by atoms with Crippen molar-refractivity contribution in [2.24, 2.45) is 0 Å². The van der Waals surface area contributed by atoms with Crippen LogP contribution in [-0.2, 0) is 0 Å². The Morgan fingerprint density at radius 3 is 2.67 bits per heavy atom. The molecular formula is C17H11Cl2N5O3. The third-order valence-electron chi connectivity index (χ3n) is 4.04. The van der Waals surface area contributed by atoms with Gasteiger partial charge in [-0.15, -0.1) is 0 Å². The Kier molecular flexibility index (Phi) is 4.21. The number of anilines is 2. The summed E-state index contributed by atoms with van der Waals surface area (Å²) in [6.45, 7) is 0. The van der Waals surface area contributed by atoms with E-state index in [0.29, 0.717) is 43.9 Å². The number of rotatable bonds is 4. The number of halogens is 2. The molecule has 10 heteroatoms. The summed E-state index contributed by atoms with van der Waals surface area (Å²) in [6.07, 6.45) is 3.05. The smallest absolute Gasteiger partial charge is 0.295 e. The predicted molar refractivity (Wildman–Crippen MR) is 103 cm³/mol. The first-order chi connectivity index (χ1) is 13.0. The zero-order valence-corrected chi connectivity index (χ0v) is 15.3. The molecule has 0 radical (unpaired) electrons. The van der Waals surface area contributed by atoms with Gasteiger partial charge in [-0.25, -0.2) is 9.97 Å². The van der Waals surface area contributed by atoms with Crippen molar-refractivity contribution >= 4 is 56.9 Å². The van der Waals surface area contributed by atoms with E-state index in [1.807, 2.05) is 0 Å².